The number of pyridine rings is 1. The van der Waals surface area contributed by atoms with Crippen LogP contribution in [-0.2, 0) is 16.1 Å². The van der Waals surface area contributed by atoms with Crippen LogP contribution in [0.15, 0.2) is 48.8 Å². The molecule has 6 rings (SSSR count). The lowest BCUT2D eigenvalue weighted by Crippen LogP contribution is -2.52. The number of nitrogens with one attached hydrogen (secondary N) is 2. The number of carbonyl (C=O) groups is 4. The van der Waals surface area contributed by atoms with Crippen molar-refractivity contribution in [2.45, 2.75) is 32.4 Å². The van der Waals surface area contributed by atoms with Crippen LogP contribution in [0.5, 0.6) is 0 Å². The number of amides is 4. The standard InChI is InChI=1S/C24H20N8O4/c1-13-21(30-9-3-2-4-19(30)25-13)27-22(34)17-12-32(29-28-17)15-6-5-14-11-31(24(36)16(14)10-15)18-7-8-20(33)26-23(18)35/h2-6,9-10,12,18H,7-8,11H2,1H3,(H,27,34)(H,26,33,35). The van der Waals surface area contributed by atoms with E-state index in [-0.39, 0.29) is 30.5 Å². The zero-order valence-electron chi connectivity index (χ0n) is 19.1. The fourth-order valence-electron chi connectivity index (χ4n) is 4.61. The summed E-state index contributed by atoms with van der Waals surface area (Å²) in [6.07, 6.45) is 3.78. The summed E-state index contributed by atoms with van der Waals surface area (Å²) in [6, 6.07) is 10.1. The van der Waals surface area contributed by atoms with Gasteiger partial charge in [0.15, 0.2) is 5.69 Å². The van der Waals surface area contributed by atoms with Crippen LogP contribution < -0.4 is 10.6 Å². The van der Waals surface area contributed by atoms with Crippen molar-refractivity contribution in [3.8, 4) is 5.69 Å². The van der Waals surface area contributed by atoms with Crippen molar-refractivity contribution < 1.29 is 19.2 Å². The topological polar surface area (TPSA) is 144 Å². The Labute approximate surface area is 203 Å². The smallest absolute Gasteiger partial charge is 0.279 e. The molecule has 4 amide bonds. The van der Waals surface area contributed by atoms with Crippen molar-refractivity contribution in [3.05, 3.63) is 71.3 Å². The third-order valence-electron chi connectivity index (χ3n) is 6.44. The van der Waals surface area contributed by atoms with Gasteiger partial charge in [-0.25, -0.2) is 9.67 Å². The zero-order chi connectivity index (χ0) is 25.0. The van der Waals surface area contributed by atoms with E-state index < -0.39 is 17.9 Å². The average Bonchev–Trinajstić information content (AvgIpc) is 3.56. The Kier molecular flexibility index (Phi) is 4.88. The highest BCUT2D eigenvalue weighted by molar-refractivity contribution is 6.05. The second-order valence-corrected chi connectivity index (χ2v) is 8.72. The van der Waals surface area contributed by atoms with E-state index in [9.17, 15) is 19.2 Å². The first-order chi connectivity index (χ1) is 17.4. The Hall–Kier alpha value is -4.87. The third-order valence-corrected chi connectivity index (χ3v) is 6.44. The van der Waals surface area contributed by atoms with Crippen LogP contribution in [0.1, 0.15) is 44.9 Å². The van der Waals surface area contributed by atoms with E-state index in [4.69, 9.17) is 0 Å². The van der Waals surface area contributed by atoms with Crippen LogP contribution in [0, 0.1) is 6.92 Å². The maximum atomic E-state index is 13.1. The number of fused-ring (bicyclic) bond motifs is 2. The SMILES string of the molecule is Cc1nc2ccccn2c1NC(=O)c1cn(-c2ccc3c(c2)C(=O)N(C2CCC(=O)NC2=O)C3)nn1. The number of hydrogen-bond acceptors (Lipinski definition) is 7. The molecule has 0 radical (unpaired) electrons. The molecule has 1 saturated heterocycles. The molecule has 2 aliphatic heterocycles. The molecule has 1 fully saturated rings. The minimum absolute atomic E-state index is 0.0947. The number of anilines is 1. The van der Waals surface area contributed by atoms with E-state index in [2.05, 4.69) is 25.9 Å². The fraction of sp³-hybridized carbons (Fsp3) is 0.208. The van der Waals surface area contributed by atoms with Crippen molar-refractivity contribution >= 4 is 35.1 Å². The first-order valence-corrected chi connectivity index (χ1v) is 11.3. The highest BCUT2D eigenvalue weighted by Crippen LogP contribution is 2.29. The molecule has 36 heavy (non-hydrogen) atoms. The van der Waals surface area contributed by atoms with E-state index in [1.165, 1.54) is 15.8 Å². The number of rotatable bonds is 4. The van der Waals surface area contributed by atoms with Crippen molar-refractivity contribution in [1.82, 2.24) is 34.6 Å². The van der Waals surface area contributed by atoms with E-state index in [1.54, 1.807) is 35.7 Å². The minimum Gasteiger partial charge on any atom is -0.322 e. The molecule has 0 aliphatic carbocycles. The van der Waals surface area contributed by atoms with Crippen molar-refractivity contribution in [2.24, 2.45) is 0 Å². The quantitative estimate of drug-likeness (QED) is 0.415. The van der Waals surface area contributed by atoms with Gasteiger partial charge in [0.2, 0.25) is 11.8 Å². The highest BCUT2D eigenvalue weighted by Gasteiger charge is 2.39. The summed E-state index contributed by atoms with van der Waals surface area (Å²) in [4.78, 5) is 55.6. The number of imidazole rings is 1. The monoisotopic (exact) mass is 484 g/mol. The van der Waals surface area contributed by atoms with Crippen molar-refractivity contribution in [2.75, 3.05) is 5.32 Å². The molecule has 2 aliphatic rings. The Bertz CT molecular complexity index is 1590. The van der Waals surface area contributed by atoms with Gasteiger partial charge in [-0.1, -0.05) is 17.3 Å². The van der Waals surface area contributed by atoms with E-state index in [0.717, 1.165) is 5.56 Å². The molecule has 0 saturated carbocycles. The summed E-state index contributed by atoms with van der Waals surface area (Å²) < 4.78 is 3.19. The molecule has 1 atom stereocenters. The summed E-state index contributed by atoms with van der Waals surface area (Å²) in [5, 5.41) is 13.2. The molecule has 5 heterocycles. The van der Waals surface area contributed by atoms with E-state index >= 15 is 0 Å². The van der Waals surface area contributed by atoms with Gasteiger partial charge in [-0.05, 0) is 43.2 Å². The van der Waals surface area contributed by atoms with Gasteiger partial charge in [0.25, 0.3) is 11.8 Å². The van der Waals surface area contributed by atoms with Gasteiger partial charge >= 0.3 is 0 Å². The lowest BCUT2D eigenvalue weighted by atomic mass is 10.0. The van der Waals surface area contributed by atoms with Crippen LogP contribution in [0.3, 0.4) is 0 Å². The largest absolute Gasteiger partial charge is 0.322 e. The van der Waals surface area contributed by atoms with Gasteiger partial charge in [0.1, 0.15) is 17.5 Å². The molecule has 4 aromatic rings. The van der Waals surface area contributed by atoms with E-state index in [0.29, 0.717) is 34.8 Å². The zero-order valence-corrected chi connectivity index (χ0v) is 19.1. The molecule has 180 valence electrons. The maximum Gasteiger partial charge on any atom is 0.279 e. The Balaban J connectivity index is 1.22. The van der Waals surface area contributed by atoms with Crippen LogP contribution in [0.4, 0.5) is 5.82 Å². The molecule has 1 aromatic carbocycles. The van der Waals surface area contributed by atoms with Gasteiger partial charge in [0, 0.05) is 24.7 Å². The van der Waals surface area contributed by atoms with Crippen LogP contribution >= 0.6 is 0 Å². The number of imide groups is 1. The van der Waals surface area contributed by atoms with Crippen molar-refractivity contribution in [3.63, 3.8) is 0 Å². The molecule has 12 heteroatoms. The number of hydrogen-bond donors (Lipinski definition) is 2. The Morgan fingerprint density at radius 2 is 2.03 bits per heavy atom. The molecule has 0 spiro atoms. The molecule has 2 N–H and O–H groups in total. The molecule has 12 nitrogen and oxygen atoms in total. The molecule has 0 bridgehead atoms. The second kappa shape index (κ2) is 8.12. The number of piperidine rings is 1. The highest BCUT2D eigenvalue weighted by atomic mass is 16.2. The van der Waals surface area contributed by atoms with Crippen LogP contribution in [-0.4, -0.2) is 58.9 Å². The first kappa shape index (κ1) is 21.6. The lowest BCUT2D eigenvalue weighted by molar-refractivity contribution is -0.136. The van der Waals surface area contributed by atoms with Gasteiger partial charge in [-0.3, -0.25) is 28.9 Å². The fourth-order valence-corrected chi connectivity index (χ4v) is 4.61. The summed E-state index contributed by atoms with van der Waals surface area (Å²) in [5.41, 5.74) is 3.24. The Morgan fingerprint density at radius 3 is 2.86 bits per heavy atom. The molecular formula is C24H20N8O4. The molecular weight excluding hydrogens is 464 g/mol. The van der Waals surface area contributed by atoms with Crippen LogP contribution in [0.2, 0.25) is 0 Å². The predicted octanol–water partition coefficient (Wildman–Crippen LogP) is 1.24. The first-order valence-electron chi connectivity index (χ1n) is 11.3. The average molecular weight is 484 g/mol. The molecule has 1 unspecified atom stereocenters. The van der Waals surface area contributed by atoms with Gasteiger partial charge in [-0.15, -0.1) is 5.10 Å². The van der Waals surface area contributed by atoms with Crippen molar-refractivity contribution in [1.29, 1.82) is 0 Å². The summed E-state index contributed by atoms with van der Waals surface area (Å²) in [6.45, 7) is 2.09. The number of aryl methyl sites for hydroxylation is 1. The number of carbonyl (C=O) groups excluding carboxylic acids is 4. The lowest BCUT2D eigenvalue weighted by Gasteiger charge is -2.29. The Morgan fingerprint density at radius 1 is 1.17 bits per heavy atom. The third kappa shape index (κ3) is 3.50. The van der Waals surface area contributed by atoms with E-state index in [1.807, 2.05) is 18.2 Å². The predicted molar refractivity (Wildman–Crippen MR) is 125 cm³/mol. The van der Waals surface area contributed by atoms with Gasteiger partial charge in [-0.2, -0.15) is 0 Å². The molecule has 3 aromatic heterocycles. The summed E-state index contributed by atoms with van der Waals surface area (Å²) >= 11 is 0. The second-order valence-electron chi connectivity index (χ2n) is 8.72. The summed E-state index contributed by atoms with van der Waals surface area (Å²) in [7, 11) is 0. The minimum atomic E-state index is -0.684. The van der Waals surface area contributed by atoms with Gasteiger partial charge in [0.05, 0.1) is 17.6 Å². The number of aromatic nitrogens is 5. The number of benzene rings is 1. The van der Waals surface area contributed by atoms with Gasteiger partial charge < -0.3 is 10.2 Å². The normalized spacial score (nSPS) is 17.4. The number of nitrogens with zero attached hydrogens (tertiary/aromatic N) is 6. The van der Waals surface area contributed by atoms with Crippen LogP contribution in [0.25, 0.3) is 11.3 Å². The summed E-state index contributed by atoms with van der Waals surface area (Å²) in [5.74, 6) is -0.980. The maximum absolute atomic E-state index is 13.1.